The van der Waals surface area contributed by atoms with E-state index in [2.05, 4.69) is 5.32 Å². The van der Waals surface area contributed by atoms with Crippen molar-refractivity contribution in [3.05, 3.63) is 63.5 Å². The van der Waals surface area contributed by atoms with E-state index in [1.807, 2.05) is 18.2 Å². The summed E-state index contributed by atoms with van der Waals surface area (Å²) >= 11 is 6.14. The second-order valence-electron chi connectivity index (χ2n) is 7.08. The van der Waals surface area contributed by atoms with Crippen molar-refractivity contribution in [3.8, 4) is 0 Å². The second-order valence-corrected chi connectivity index (χ2v) is 7.49. The summed E-state index contributed by atoms with van der Waals surface area (Å²) in [4.78, 5) is 35.8. The van der Waals surface area contributed by atoms with E-state index in [9.17, 15) is 19.5 Å². The van der Waals surface area contributed by atoms with E-state index in [4.69, 9.17) is 11.6 Å². The molecule has 2 aromatic rings. The molecule has 0 saturated heterocycles. The monoisotopic (exact) mass is 374 g/mol. The summed E-state index contributed by atoms with van der Waals surface area (Å²) in [6, 6.07) is 10.1. The number of benzene rings is 1. The fourth-order valence-electron chi connectivity index (χ4n) is 3.35. The first-order valence-electron chi connectivity index (χ1n) is 8.19. The molecule has 26 heavy (non-hydrogen) atoms. The number of hydrogen-bond donors (Lipinski definition) is 2. The Labute approximate surface area is 155 Å². The Morgan fingerprint density at radius 2 is 1.88 bits per heavy atom. The largest absolute Gasteiger partial charge is 0.481 e. The normalized spacial score (nSPS) is 20.4. The van der Waals surface area contributed by atoms with Crippen LogP contribution in [0.1, 0.15) is 19.4 Å². The number of carbonyl (C=O) groups is 2. The number of carboxylic acids is 1. The van der Waals surface area contributed by atoms with Crippen LogP contribution < -0.4 is 10.9 Å². The molecule has 1 aliphatic carbocycles. The third-order valence-corrected chi connectivity index (χ3v) is 5.29. The standard InChI is InChI=1S/C19H19ClN2O4/c1-19(2)15(16(19)18(25)26)17(24)21-12-7-8-14(23)22(10-12)9-11-5-3-4-6-13(11)20/h3-8,10,15-16H,9H2,1-2H3,(H,21,24)(H,25,26)/t15-,16+/m1/s1. The number of nitrogens with one attached hydrogen (secondary N) is 1. The number of carbonyl (C=O) groups excluding carboxylic acids is 1. The molecule has 136 valence electrons. The fourth-order valence-corrected chi connectivity index (χ4v) is 3.54. The lowest BCUT2D eigenvalue weighted by Gasteiger charge is -2.11. The molecule has 1 amide bonds. The highest BCUT2D eigenvalue weighted by Gasteiger charge is 2.65. The van der Waals surface area contributed by atoms with Gasteiger partial charge in [-0.1, -0.05) is 43.6 Å². The lowest BCUT2D eigenvalue weighted by atomic mass is 10.1. The van der Waals surface area contributed by atoms with Gasteiger partial charge in [-0.2, -0.15) is 0 Å². The molecule has 2 atom stereocenters. The Bertz CT molecular complexity index is 935. The van der Waals surface area contributed by atoms with Crippen LogP contribution in [-0.4, -0.2) is 21.6 Å². The molecule has 0 aliphatic heterocycles. The van der Waals surface area contributed by atoms with Crippen LogP contribution in [0.25, 0.3) is 0 Å². The van der Waals surface area contributed by atoms with Crippen LogP contribution in [0.15, 0.2) is 47.4 Å². The molecule has 3 rings (SSSR count). The highest BCUT2D eigenvalue weighted by molar-refractivity contribution is 6.31. The average Bonchev–Trinajstić information content (AvgIpc) is 3.15. The molecule has 0 spiro atoms. The molecule has 1 saturated carbocycles. The van der Waals surface area contributed by atoms with Crippen molar-refractivity contribution in [3.63, 3.8) is 0 Å². The number of amides is 1. The van der Waals surface area contributed by atoms with Gasteiger partial charge in [-0.25, -0.2) is 0 Å². The maximum Gasteiger partial charge on any atom is 0.307 e. The van der Waals surface area contributed by atoms with Gasteiger partial charge < -0.3 is 15.0 Å². The van der Waals surface area contributed by atoms with Gasteiger partial charge in [0.25, 0.3) is 5.56 Å². The van der Waals surface area contributed by atoms with E-state index in [0.29, 0.717) is 10.7 Å². The molecular formula is C19H19ClN2O4. The molecular weight excluding hydrogens is 356 g/mol. The van der Waals surface area contributed by atoms with Crippen molar-refractivity contribution in [2.75, 3.05) is 5.32 Å². The zero-order valence-electron chi connectivity index (χ0n) is 14.4. The Morgan fingerprint density at radius 3 is 2.50 bits per heavy atom. The fraction of sp³-hybridized carbons (Fsp3) is 0.316. The van der Waals surface area contributed by atoms with E-state index in [-0.39, 0.29) is 18.0 Å². The zero-order valence-corrected chi connectivity index (χ0v) is 15.2. The summed E-state index contributed by atoms with van der Waals surface area (Å²) in [6.45, 7) is 3.79. The van der Waals surface area contributed by atoms with Crippen molar-refractivity contribution in [1.82, 2.24) is 4.57 Å². The Morgan fingerprint density at radius 1 is 1.19 bits per heavy atom. The molecule has 1 heterocycles. The maximum atomic E-state index is 12.4. The predicted octanol–water partition coefficient (Wildman–Crippen LogP) is 2.85. The third-order valence-electron chi connectivity index (χ3n) is 4.93. The minimum atomic E-state index is -0.973. The first kappa shape index (κ1) is 18.2. The van der Waals surface area contributed by atoms with Crippen molar-refractivity contribution in [2.24, 2.45) is 17.3 Å². The van der Waals surface area contributed by atoms with Crippen molar-refractivity contribution in [1.29, 1.82) is 0 Å². The zero-order chi connectivity index (χ0) is 19.1. The summed E-state index contributed by atoms with van der Waals surface area (Å²) in [5, 5.41) is 12.5. The summed E-state index contributed by atoms with van der Waals surface area (Å²) < 4.78 is 1.45. The van der Waals surface area contributed by atoms with Crippen molar-refractivity contribution in [2.45, 2.75) is 20.4 Å². The first-order chi connectivity index (χ1) is 12.2. The second kappa shape index (κ2) is 6.61. The van der Waals surface area contributed by atoms with Gasteiger partial charge in [0, 0.05) is 17.3 Å². The molecule has 1 fully saturated rings. The van der Waals surface area contributed by atoms with Crippen LogP contribution in [0.3, 0.4) is 0 Å². The highest BCUT2D eigenvalue weighted by Crippen LogP contribution is 2.58. The highest BCUT2D eigenvalue weighted by atomic mass is 35.5. The number of carboxylic acid groups (broad SMARTS) is 1. The molecule has 0 radical (unpaired) electrons. The number of halogens is 1. The van der Waals surface area contributed by atoms with Crippen LogP contribution in [0.4, 0.5) is 5.69 Å². The molecule has 7 heteroatoms. The predicted molar refractivity (Wildman–Crippen MR) is 98.3 cm³/mol. The SMILES string of the molecule is CC1(C)[C@H](C(=O)O)[C@@H]1C(=O)Nc1ccc(=O)n(Cc2ccccc2Cl)c1. The molecule has 1 aromatic heterocycles. The Hall–Kier alpha value is -2.60. The number of pyridine rings is 1. The summed E-state index contributed by atoms with van der Waals surface area (Å²) in [5.41, 5.74) is 0.419. The van der Waals surface area contributed by atoms with E-state index in [1.54, 1.807) is 19.9 Å². The number of aliphatic carboxylic acids is 1. The molecule has 1 aromatic carbocycles. The topological polar surface area (TPSA) is 88.4 Å². The Balaban J connectivity index is 1.78. The lowest BCUT2D eigenvalue weighted by Crippen LogP contribution is -2.22. The molecule has 0 unspecified atom stereocenters. The van der Waals surface area contributed by atoms with Crippen molar-refractivity contribution >= 4 is 29.2 Å². The number of aromatic nitrogens is 1. The van der Waals surface area contributed by atoms with Gasteiger partial charge in [-0.15, -0.1) is 0 Å². The van der Waals surface area contributed by atoms with Gasteiger partial charge in [0.2, 0.25) is 5.91 Å². The van der Waals surface area contributed by atoms with E-state index in [0.717, 1.165) is 5.56 Å². The van der Waals surface area contributed by atoms with Crippen LogP contribution in [0.5, 0.6) is 0 Å². The minimum Gasteiger partial charge on any atom is -0.481 e. The van der Waals surface area contributed by atoms with Gasteiger partial charge in [0.1, 0.15) is 0 Å². The van der Waals surface area contributed by atoms with Crippen molar-refractivity contribution < 1.29 is 14.7 Å². The van der Waals surface area contributed by atoms with Crippen LogP contribution in [0.2, 0.25) is 5.02 Å². The van der Waals surface area contributed by atoms with E-state index < -0.39 is 23.2 Å². The average molecular weight is 375 g/mol. The number of rotatable bonds is 5. The van der Waals surface area contributed by atoms with Gasteiger partial charge >= 0.3 is 5.97 Å². The smallest absolute Gasteiger partial charge is 0.307 e. The third kappa shape index (κ3) is 3.37. The number of anilines is 1. The van der Waals surface area contributed by atoms with E-state index >= 15 is 0 Å². The van der Waals surface area contributed by atoms with Crippen LogP contribution >= 0.6 is 11.6 Å². The van der Waals surface area contributed by atoms with Gasteiger partial charge in [0.15, 0.2) is 0 Å². The van der Waals surface area contributed by atoms with Crippen LogP contribution in [-0.2, 0) is 16.1 Å². The van der Waals surface area contributed by atoms with E-state index in [1.165, 1.54) is 22.9 Å². The quantitative estimate of drug-likeness (QED) is 0.842. The van der Waals surface area contributed by atoms with Gasteiger partial charge in [-0.3, -0.25) is 14.4 Å². The minimum absolute atomic E-state index is 0.224. The Kier molecular flexibility index (Phi) is 4.63. The molecule has 2 N–H and O–H groups in total. The summed E-state index contributed by atoms with van der Waals surface area (Å²) in [7, 11) is 0. The van der Waals surface area contributed by atoms with Gasteiger partial charge in [-0.05, 0) is 23.1 Å². The number of nitrogens with zero attached hydrogens (tertiary/aromatic N) is 1. The molecule has 6 nitrogen and oxygen atoms in total. The van der Waals surface area contributed by atoms with Gasteiger partial charge in [0.05, 0.1) is 24.1 Å². The lowest BCUT2D eigenvalue weighted by molar-refractivity contribution is -0.140. The molecule has 1 aliphatic rings. The maximum absolute atomic E-state index is 12.4. The number of hydrogen-bond acceptors (Lipinski definition) is 3. The summed E-state index contributed by atoms with van der Waals surface area (Å²) in [5.74, 6) is -2.62. The first-order valence-corrected chi connectivity index (χ1v) is 8.57. The molecule has 0 bridgehead atoms. The van der Waals surface area contributed by atoms with Crippen LogP contribution in [0, 0.1) is 17.3 Å². The summed E-state index contributed by atoms with van der Waals surface area (Å²) in [6.07, 6.45) is 1.54.